The Labute approximate surface area is 120 Å². The van der Waals surface area contributed by atoms with Crippen LogP contribution in [0, 0.1) is 11.8 Å². The average molecular weight is 275 g/mol. The van der Waals surface area contributed by atoms with Gasteiger partial charge in [0.05, 0.1) is 5.69 Å². The van der Waals surface area contributed by atoms with Crippen molar-refractivity contribution in [3.63, 3.8) is 0 Å². The van der Waals surface area contributed by atoms with Crippen LogP contribution in [0.15, 0.2) is 0 Å². The molecular weight excluding hydrogens is 250 g/mol. The van der Waals surface area contributed by atoms with Crippen LogP contribution in [-0.4, -0.2) is 19.3 Å². The first-order valence-electron chi connectivity index (χ1n) is 7.79. The normalized spacial score (nSPS) is 22.9. The fraction of sp³-hybridized carbons (Fsp3) is 0.733. The smallest absolute Gasteiger partial charge is 0.202 e. The standard InChI is InChI=1S/C15H25N5/c1-4-6-12-13-14(19(3)18-12)20(15(16)17-13)9-11-8-5-7-10(11)2/h10-11H,4-9H2,1-3H3,(H2,16,17). The van der Waals surface area contributed by atoms with Crippen molar-refractivity contribution >= 4 is 17.1 Å². The summed E-state index contributed by atoms with van der Waals surface area (Å²) in [4.78, 5) is 4.58. The Bertz CT molecular complexity index is 609. The molecule has 2 atom stereocenters. The molecule has 20 heavy (non-hydrogen) atoms. The number of hydrogen-bond donors (Lipinski definition) is 1. The lowest BCUT2D eigenvalue weighted by Gasteiger charge is -2.17. The fourth-order valence-corrected chi connectivity index (χ4v) is 3.57. The average Bonchev–Trinajstić information content (AvgIpc) is 3.02. The van der Waals surface area contributed by atoms with E-state index in [0.29, 0.717) is 5.95 Å². The number of fused-ring (bicyclic) bond motifs is 1. The summed E-state index contributed by atoms with van der Waals surface area (Å²) in [5.41, 5.74) is 9.33. The topological polar surface area (TPSA) is 61.7 Å². The van der Waals surface area contributed by atoms with Crippen molar-refractivity contribution in [1.29, 1.82) is 0 Å². The molecule has 2 aromatic rings. The number of nitrogens with zero attached hydrogens (tertiary/aromatic N) is 4. The molecule has 0 radical (unpaired) electrons. The van der Waals surface area contributed by atoms with Gasteiger partial charge in [-0.2, -0.15) is 5.10 Å². The van der Waals surface area contributed by atoms with Gasteiger partial charge in [0.25, 0.3) is 0 Å². The van der Waals surface area contributed by atoms with Crippen LogP contribution in [0.5, 0.6) is 0 Å². The quantitative estimate of drug-likeness (QED) is 0.933. The van der Waals surface area contributed by atoms with Crippen LogP contribution >= 0.6 is 0 Å². The zero-order valence-electron chi connectivity index (χ0n) is 12.8. The zero-order valence-corrected chi connectivity index (χ0v) is 12.8. The minimum Gasteiger partial charge on any atom is -0.369 e. The Morgan fingerprint density at radius 3 is 2.80 bits per heavy atom. The van der Waals surface area contributed by atoms with E-state index >= 15 is 0 Å². The van der Waals surface area contributed by atoms with Crippen LogP contribution in [0.3, 0.4) is 0 Å². The number of anilines is 1. The molecule has 5 nitrogen and oxygen atoms in total. The summed E-state index contributed by atoms with van der Waals surface area (Å²) in [6.07, 6.45) is 6.04. The first-order valence-corrected chi connectivity index (χ1v) is 7.79. The van der Waals surface area contributed by atoms with Gasteiger partial charge in [0.15, 0.2) is 5.65 Å². The largest absolute Gasteiger partial charge is 0.369 e. The summed E-state index contributed by atoms with van der Waals surface area (Å²) >= 11 is 0. The molecule has 3 rings (SSSR count). The van der Waals surface area contributed by atoms with Crippen molar-refractivity contribution in [2.24, 2.45) is 18.9 Å². The summed E-state index contributed by atoms with van der Waals surface area (Å²) < 4.78 is 4.12. The Balaban J connectivity index is 1.99. The van der Waals surface area contributed by atoms with Crippen LogP contribution in [-0.2, 0) is 20.0 Å². The van der Waals surface area contributed by atoms with Crippen molar-refractivity contribution in [3.8, 4) is 0 Å². The minimum absolute atomic E-state index is 0.643. The Morgan fingerprint density at radius 1 is 1.35 bits per heavy atom. The first kappa shape index (κ1) is 13.5. The predicted octanol–water partition coefficient (Wildman–Crippen LogP) is 2.74. The Morgan fingerprint density at radius 2 is 2.15 bits per heavy atom. The highest BCUT2D eigenvalue weighted by atomic mass is 15.3. The van der Waals surface area contributed by atoms with Gasteiger partial charge >= 0.3 is 0 Å². The summed E-state index contributed by atoms with van der Waals surface area (Å²) in [5, 5.41) is 4.61. The molecule has 2 N–H and O–H groups in total. The van der Waals surface area contributed by atoms with Gasteiger partial charge in [0.1, 0.15) is 5.52 Å². The molecule has 110 valence electrons. The van der Waals surface area contributed by atoms with E-state index in [9.17, 15) is 0 Å². The van der Waals surface area contributed by atoms with E-state index in [1.165, 1.54) is 19.3 Å². The lowest BCUT2D eigenvalue weighted by molar-refractivity contribution is 0.368. The van der Waals surface area contributed by atoms with Crippen molar-refractivity contribution in [1.82, 2.24) is 19.3 Å². The number of rotatable bonds is 4. The van der Waals surface area contributed by atoms with Crippen LogP contribution < -0.4 is 5.73 Å². The van der Waals surface area contributed by atoms with Gasteiger partial charge in [-0.1, -0.05) is 33.1 Å². The Kier molecular flexibility index (Phi) is 3.44. The van der Waals surface area contributed by atoms with Crippen LogP contribution in [0.1, 0.15) is 45.2 Å². The zero-order chi connectivity index (χ0) is 14.3. The molecule has 1 aliphatic rings. The maximum atomic E-state index is 6.17. The van der Waals surface area contributed by atoms with Crippen molar-refractivity contribution < 1.29 is 0 Å². The molecule has 1 aliphatic carbocycles. The van der Waals surface area contributed by atoms with E-state index in [1.807, 2.05) is 11.7 Å². The van der Waals surface area contributed by atoms with E-state index in [-0.39, 0.29) is 0 Å². The monoisotopic (exact) mass is 275 g/mol. The fourth-order valence-electron chi connectivity index (χ4n) is 3.57. The van der Waals surface area contributed by atoms with Gasteiger partial charge in [-0.3, -0.25) is 9.25 Å². The second-order valence-corrected chi connectivity index (χ2v) is 6.24. The van der Waals surface area contributed by atoms with Crippen molar-refractivity contribution in [3.05, 3.63) is 5.69 Å². The third-order valence-corrected chi connectivity index (χ3v) is 4.76. The molecule has 0 bridgehead atoms. The van der Waals surface area contributed by atoms with Gasteiger partial charge in [0.2, 0.25) is 5.95 Å². The van der Waals surface area contributed by atoms with E-state index in [2.05, 4.69) is 28.5 Å². The molecule has 0 aliphatic heterocycles. The van der Waals surface area contributed by atoms with Gasteiger partial charge in [-0.25, -0.2) is 4.98 Å². The number of hydrogen-bond acceptors (Lipinski definition) is 3. The van der Waals surface area contributed by atoms with E-state index in [1.54, 1.807) is 0 Å². The molecule has 1 fully saturated rings. The number of nitrogens with two attached hydrogens (primary N) is 1. The number of imidazole rings is 1. The van der Waals surface area contributed by atoms with Gasteiger partial charge in [-0.05, 0) is 24.7 Å². The van der Waals surface area contributed by atoms with Crippen molar-refractivity contribution in [2.75, 3.05) is 5.73 Å². The number of aryl methyl sites for hydroxylation is 2. The van der Waals surface area contributed by atoms with Gasteiger partial charge in [0, 0.05) is 13.6 Å². The highest BCUT2D eigenvalue weighted by Crippen LogP contribution is 2.34. The second kappa shape index (κ2) is 5.11. The lowest BCUT2D eigenvalue weighted by atomic mass is 9.98. The molecule has 0 amide bonds. The molecule has 0 saturated heterocycles. The van der Waals surface area contributed by atoms with Crippen LogP contribution in [0.2, 0.25) is 0 Å². The highest BCUT2D eigenvalue weighted by Gasteiger charge is 2.26. The maximum Gasteiger partial charge on any atom is 0.202 e. The summed E-state index contributed by atoms with van der Waals surface area (Å²) in [7, 11) is 2.00. The van der Waals surface area contributed by atoms with Crippen LogP contribution in [0.4, 0.5) is 5.95 Å². The van der Waals surface area contributed by atoms with Crippen LogP contribution in [0.25, 0.3) is 11.2 Å². The summed E-state index contributed by atoms with van der Waals surface area (Å²) in [5.74, 6) is 2.15. The third-order valence-electron chi connectivity index (χ3n) is 4.76. The third kappa shape index (κ3) is 2.09. The Hall–Kier alpha value is -1.52. The van der Waals surface area contributed by atoms with E-state index in [4.69, 9.17) is 5.73 Å². The molecule has 2 aromatic heterocycles. The number of nitrogen functional groups attached to an aromatic ring is 1. The first-order chi connectivity index (χ1) is 9.61. The molecule has 1 saturated carbocycles. The SMILES string of the molecule is CCCc1nn(C)c2c1nc(N)n2CC1CCCC1C. The molecule has 5 heteroatoms. The van der Waals surface area contributed by atoms with E-state index in [0.717, 1.165) is 48.1 Å². The predicted molar refractivity (Wildman–Crippen MR) is 81.4 cm³/mol. The minimum atomic E-state index is 0.643. The summed E-state index contributed by atoms with van der Waals surface area (Å²) in [6.45, 7) is 5.50. The number of aromatic nitrogens is 4. The maximum absolute atomic E-state index is 6.17. The molecule has 2 unspecified atom stereocenters. The summed E-state index contributed by atoms with van der Waals surface area (Å²) in [6, 6.07) is 0. The molecular formula is C15H25N5. The van der Waals surface area contributed by atoms with Gasteiger partial charge in [-0.15, -0.1) is 0 Å². The highest BCUT2D eigenvalue weighted by molar-refractivity contribution is 5.77. The second-order valence-electron chi connectivity index (χ2n) is 6.24. The molecule has 2 heterocycles. The van der Waals surface area contributed by atoms with Crippen molar-refractivity contribution in [2.45, 2.75) is 52.5 Å². The van der Waals surface area contributed by atoms with E-state index < -0.39 is 0 Å². The lowest BCUT2D eigenvalue weighted by Crippen LogP contribution is -2.16. The van der Waals surface area contributed by atoms with Gasteiger partial charge < -0.3 is 5.73 Å². The molecule has 0 spiro atoms. The molecule has 0 aromatic carbocycles.